The van der Waals surface area contributed by atoms with Crippen LogP contribution in [0.4, 0.5) is 5.82 Å². The SMILES string of the molecule is CC1CC=C(C2CC2)C(C(=O)C(N)c2ccc[nH+]c2N)=C1Cl. The number of aromatic nitrogens is 1. The lowest BCUT2D eigenvalue weighted by Gasteiger charge is -2.24. The van der Waals surface area contributed by atoms with Crippen molar-refractivity contribution in [1.29, 1.82) is 0 Å². The third-order valence-electron chi connectivity index (χ3n) is 4.45. The van der Waals surface area contributed by atoms with Crippen LogP contribution in [0, 0.1) is 11.8 Å². The van der Waals surface area contributed by atoms with Crippen LogP contribution < -0.4 is 16.5 Å². The van der Waals surface area contributed by atoms with Gasteiger partial charge in [0.2, 0.25) is 0 Å². The molecule has 0 aromatic carbocycles. The molecular formula is C17H21ClN3O+. The van der Waals surface area contributed by atoms with Crippen LogP contribution >= 0.6 is 11.6 Å². The van der Waals surface area contributed by atoms with Gasteiger partial charge in [-0.15, -0.1) is 0 Å². The molecule has 2 unspecified atom stereocenters. The molecule has 0 spiro atoms. The lowest BCUT2D eigenvalue weighted by molar-refractivity contribution is -0.361. The Morgan fingerprint density at radius 2 is 2.18 bits per heavy atom. The molecule has 2 aliphatic rings. The molecule has 2 aliphatic carbocycles. The number of aromatic amines is 1. The fourth-order valence-corrected chi connectivity index (χ4v) is 3.24. The smallest absolute Gasteiger partial charge is 0.275 e. The highest BCUT2D eigenvalue weighted by Gasteiger charge is 2.37. The highest BCUT2D eigenvalue weighted by Crippen LogP contribution is 2.46. The maximum absolute atomic E-state index is 13.0. The van der Waals surface area contributed by atoms with E-state index in [1.165, 1.54) is 0 Å². The average Bonchev–Trinajstić information content (AvgIpc) is 3.33. The normalized spacial score (nSPS) is 23.2. The number of carbonyl (C=O) groups is 1. The molecule has 1 aromatic rings. The Morgan fingerprint density at radius 3 is 2.82 bits per heavy atom. The third kappa shape index (κ3) is 2.69. The highest BCUT2D eigenvalue weighted by atomic mass is 35.5. The Balaban J connectivity index is 1.97. The molecule has 1 aromatic heterocycles. The summed E-state index contributed by atoms with van der Waals surface area (Å²) >= 11 is 6.49. The van der Waals surface area contributed by atoms with E-state index in [0.29, 0.717) is 27.9 Å². The molecule has 22 heavy (non-hydrogen) atoms. The minimum absolute atomic E-state index is 0.138. The van der Waals surface area contributed by atoms with Gasteiger partial charge >= 0.3 is 0 Å². The number of nitrogens with two attached hydrogens (primary N) is 2. The number of hydrogen-bond acceptors (Lipinski definition) is 3. The van der Waals surface area contributed by atoms with Crippen molar-refractivity contribution in [2.24, 2.45) is 17.6 Å². The molecular weight excluding hydrogens is 298 g/mol. The number of Topliss-reactive ketones (excluding diaryl/α,β-unsaturated/α-hetero) is 1. The molecule has 3 rings (SSSR count). The molecule has 0 bridgehead atoms. The van der Waals surface area contributed by atoms with Gasteiger partial charge in [0.15, 0.2) is 5.78 Å². The van der Waals surface area contributed by atoms with Crippen LogP contribution in [0.25, 0.3) is 0 Å². The topological polar surface area (TPSA) is 83.2 Å². The van der Waals surface area contributed by atoms with Crippen molar-refractivity contribution >= 4 is 23.2 Å². The van der Waals surface area contributed by atoms with Crippen molar-refractivity contribution in [2.45, 2.75) is 32.2 Å². The van der Waals surface area contributed by atoms with Crippen LogP contribution in [0.3, 0.4) is 0 Å². The zero-order valence-corrected chi connectivity index (χ0v) is 13.4. The number of carbonyl (C=O) groups excluding carboxylic acids is 1. The Hall–Kier alpha value is -1.65. The minimum Gasteiger partial charge on any atom is -0.317 e. The molecule has 5 heteroatoms. The van der Waals surface area contributed by atoms with E-state index < -0.39 is 6.04 Å². The Bertz CT molecular complexity index is 676. The third-order valence-corrected chi connectivity index (χ3v) is 5.02. The first kappa shape index (κ1) is 15.3. The summed E-state index contributed by atoms with van der Waals surface area (Å²) in [6, 6.07) is 2.76. The molecule has 1 heterocycles. The number of ketones is 1. The summed E-state index contributed by atoms with van der Waals surface area (Å²) < 4.78 is 0. The second-order valence-corrected chi connectivity index (χ2v) is 6.58. The number of allylic oxidation sites excluding steroid dienone is 3. The molecule has 4 nitrogen and oxygen atoms in total. The zero-order valence-electron chi connectivity index (χ0n) is 12.6. The van der Waals surface area contributed by atoms with Gasteiger partial charge in [0.05, 0.1) is 11.8 Å². The van der Waals surface area contributed by atoms with Crippen LogP contribution in [0.1, 0.15) is 37.8 Å². The highest BCUT2D eigenvalue weighted by molar-refractivity contribution is 6.33. The number of nitrogens with one attached hydrogen (secondary N) is 1. The molecule has 2 atom stereocenters. The van der Waals surface area contributed by atoms with Gasteiger partial charge in [0, 0.05) is 10.6 Å². The van der Waals surface area contributed by atoms with Crippen LogP contribution in [0.2, 0.25) is 0 Å². The number of halogens is 1. The maximum Gasteiger partial charge on any atom is 0.275 e. The monoisotopic (exact) mass is 318 g/mol. The Labute approximate surface area is 135 Å². The average molecular weight is 319 g/mol. The number of H-pyrrole nitrogens is 1. The summed E-state index contributed by atoms with van der Waals surface area (Å²) in [6.45, 7) is 2.03. The summed E-state index contributed by atoms with van der Waals surface area (Å²) in [7, 11) is 0. The van der Waals surface area contributed by atoms with Gasteiger partial charge in [-0.1, -0.05) is 24.6 Å². The number of anilines is 1. The van der Waals surface area contributed by atoms with Crippen LogP contribution in [-0.4, -0.2) is 5.78 Å². The molecule has 0 radical (unpaired) electrons. The van der Waals surface area contributed by atoms with Gasteiger partial charge < -0.3 is 5.73 Å². The van der Waals surface area contributed by atoms with Crippen LogP contribution in [0.5, 0.6) is 0 Å². The first-order valence-electron chi connectivity index (χ1n) is 7.66. The summed E-state index contributed by atoms with van der Waals surface area (Å²) in [6.07, 6.45) is 7.00. The zero-order chi connectivity index (χ0) is 15.9. The van der Waals surface area contributed by atoms with E-state index in [1.54, 1.807) is 18.3 Å². The molecule has 0 aliphatic heterocycles. The van der Waals surface area contributed by atoms with E-state index in [4.69, 9.17) is 23.1 Å². The fraction of sp³-hybridized carbons (Fsp3) is 0.412. The standard InChI is InChI=1S/C17H20ClN3O/c1-9-4-7-11(10-5-6-10)13(14(9)18)16(22)15(19)12-3-2-8-21-17(12)20/h2-3,7-10,15H,4-6,19H2,1H3,(H2,20,21)/p+1. The predicted molar refractivity (Wildman–Crippen MR) is 86.8 cm³/mol. The predicted octanol–water partition coefficient (Wildman–Crippen LogP) is 2.52. The van der Waals surface area contributed by atoms with Gasteiger partial charge in [0.1, 0.15) is 6.04 Å². The van der Waals surface area contributed by atoms with Crippen molar-refractivity contribution in [3.05, 3.63) is 46.1 Å². The summed E-state index contributed by atoms with van der Waals surface area (Å²) in [5, 5.41) is 0.642. The van der Waals surface area contributed by atoms with E-state index in [2.05, 4.69) is 11.1 Å². The number of nitrogen functional groups attached to an aromatic ring is 1. The molecule has 116 valence electrons. The first-order chi connectivity index (χ1) is 10.5. The summed E-state index contributed by atoms with van der Waals surface area (Å²) in [4.78, 5) is 15.9. The van der Waals surface area contributed by atoms with Gasteiger partial charge in [-0.2, -0.15) is 0 Å². The Kier molecular flexibility index (Phi) is 4.06. The lowest BCUT2D eigenvalue weighted by Crippen LogP contribution is -2.29. The molecule has 1 fully saturated rings. The van der Waals surface area contributed by atoms with Gasteiger partial charge in [-0.25, -0.2) is 4.98 Å². The number of hydrogen-bond donors (Lipinski definition) is 2. The Morgan fingerprint density at radius 1 is 1.45 bits per heavy atom. The minimum atomic E-state index is -0.798. The number of pyridine rings is 1. The van der Waals surface area contributed by atoms with Crippen molar-refractivity contribution in [1.82, 2.24) is 0 Å². The maximum atomic E-state index is 13.0. The van der Waals surface area contributed by atoms with Crippen LogP contribution in [-0.2, 0) is 4.79 Å². The van der Waals surface area contributed by atoms with Crippen molar-refractivity contribution < 1.29 is 9.78 Å². The van der Waals surface area contributed by atoms with Gasteiger partial charge in [-0.3, -0.25) is 10.5 Å². The first-order valence-corrected chi connectivity index (χ1v) is 8.04. The largest absolute Gasteiger partial charge is 0.317 e. The lowest BCUT2D eigenvalue weighted by atomic mass is 9.83. The number of rotatable bonds is 4. The molecule has 0 amide bonds. The second kappa shape index (κ2) is 5.86. The molecule has 5 N–H and O–H groups in total. The van der Waals surface area contributed by atoms with Crippen molar-refractivity contribution in [3.8, 4) is 0 Å². The van der Waals surface area contributed by atoms with E-state index in [0.717, 1.165) is 24.8 Å². The fourth-order valence-electron chi connectivity index (χ4n) is 2.95. The van der Waals surface area contributed by atoms with E-state index in [1.807, 2.05) is 6.92 Å². The van der Waals surface area contributed by atoms with Crippen molar-refractivity contribution in [3.63, 3.8) is 0 Å². The quantitative estimate of drug-likeness (QED) is 0.894. The second-order valence-electron chi connectivity index (χ2n) is 6.17. The molecule has 1 saturated carbocycles. The summed E-state index contributed by atoms with van der Waals surface area (Å²) in [5.74, 6) is 0.906. The summed E-state index contributed by atoms with van der Waals surface area (Å²) in [5.41, 5.74) is 14.4. The van der Waals surface area contributed by atoms with E-state index in [9.17, 15) is 4.79 Å². The van der Waals surface area contributed by atoms with Crippen molar-refractivity contribution in [2.75, 3.05) is 5.73 Å². The van der Waals surface area contributed by atoms with Gasteiger partial charge in [0.25, 0.3) is 5.82 Å². The van der Waals surface area contributed by atoms with Crippen LogP contribution in [0.15, 0.2) is 40.6 Å². The van der Waals surface area contributed by atoms with E-state index >= 15 is 0 Å². The molecule has 0 saturated heterocycles. The van der Waals surface area contributed by atoms with E-state index in [-0.39, 0.29) is 11.7 Å². The van der Waals surface area contributed by atoms with Gasteiger partial charge in [-0.05, 0) is 48.8 Å².